The van der Waals surface area contributed by atoms with Crippen LogP contribution in [0.5, 0.6) is 0 Å². The average molecular weight is 295 g/mol. The predicted molar refractivity (Wildman–Crippen MR) is 83.2 cm³/mol. The highest BCUT2D eigenvalue weighted by Gasteiger charge is 2.26. The molecule has 0 N–H and O–H groups in total. The normalized spacial score (nSPS) is 17.2. The molecule has 0 spiro atoms. The zero-order valence-corrected chi connectivity index (χ0v) is 13.5. The largest absolute Gasteiger partial charge is 0.444 e. The lowest BCUT2D eigenvalue weighted by Gasteiger charge is -2.33. The van der Waals surface area contributed by atoms with E-state index in [0.29, 0.717) is 0 Å². The Morgan fingerprint density at radius 3 is 2.65 bits per heavy atom. The van der Waals surface area contributed by atoms with Crippen LogP contribution in [0.1, 0.15) is 44.9 Å². The molecule has 4 heteroatoms. The fourth-order valence-corrected chi connectivity index (χ4v) is 3.26. The molecule has 1 aromatic rings. The molecule has 3 nitrogen and oxygen atoms in total. The van der Waals surface area contributed by atoms with Gasteiger partial charge < -0.3 is 9.64 Å². The third-order valence-electron chi connectivity index (χ3n) is 3.65. The van der Waals surface area contributed by atoms with Gasteiger partial charge in [0, 0.05) is 18.0 Å². The SMILES string of the molecule is CC(C)(C)OC(=O)N1CCC(CCc2cccs2)CC1. The lowest BCUT2D eigenvalue weighted by atomic mass is 9.92. The smallest absolute Gasteiger partial charge is 0.410 e. The van der Waals surface area contributed by atoms with Crippen molar-refractivity contribution in [2.45, 2.75) is 52.1 Å². The van der Waals surface area contributed by atoms with Crippen molar-refractivity contribution in [1.82, 2.24) is 4.90 Å². The Hall–Kier alpha value is -1.03. The highest BCUT2D eigenvalue weighted by Crippen LogP contribution is 2.24. The summed E-state index contributed by atoms with van der Waals surface area (Å²) >= 11 is 1.84. The third-order valence-corrected chi connectivity index (χ3v) is 4.58. The summed E-state index contributed by atoms with van der Waals surface area (Å²) in [7, 11) is 0. The lowest BCUT2D eigenvalue weighted by Crippen LogP contribution is -2.41. The molecule has 0 bridgehead atoms. The molecule has 1 aromatic heterocycles. The number of nitrogens with zero attached hydrogens (tertiary/aromatic N) is 1. The Kier molecular flexibility index (Phi) is 5.08. The van der Waals surface area contributed by atoms with E-state index < -0.39 is 5.60 Å². The van der Waals surface area contributed by atoms with Gasteiger partial charge in [0.05, 0.1) is 0 Å². The minimum atomic E-state index is -0.396. The molecule has 0 unspecified atom stereocenters. The molecule has 1 saturated heterocycles. The summed E-state index contributed by atoms with van der Waals surface area (Å²) < 4.78 is 5.42. The molecule has 20 heavy (non-hydrogen) atoms. The van der Waals surface area contributed by atoms with Gasteiger partial charge in [0.15, 0.2) is 0 Å². The Morgan fingerprint density at radius 2 is 2.10 bits per heavy atom. The molecular formula is C16H25NO2S. The standard InChI is InChI=1S/C16H25NO2S/c1-16(2,3)19-15(18)17-10-8-13(9-11-17)6-7-14-5-4-12-20-14/h4-5,12-13H,6-11H2,1-3H3. The van der Waals surface area contributed by atoms with Crippen molar-refractivity contribution < 1.29 is 9.53 Å². The van der Waals surface area contributed by atoms with Gasteiger partial charge in [0.25, 0.3) is 0 Å². The van der Waals surface area contributed by atoms with Gasteiger partial charge in [0.2, 0.25) is 0 Å². The summed E-state index contributed by atoms with van der Waals surface area (Å²) in [4.78, 5) is 15.3. The average Bonchev–Trinajstić information content (AvgIpc) is 2.88. The molecule has 1 aliphatic rings. The van der Waals surface area contributed by atoms with E-state index in [-0.39, 0.29) is 6.09 Å². The first-order valence-electron chi connectivity index (χ1n) is 7.44. The van der Waals surface area contributed by atoms with Crippen molar-refractivity contribution in [3.63, 3.8) is 0 Å². The van der Waals surface area contributed by atoms with Crippen LogP contribution in [0.15, 0.2) is 17.5 Å². The van der Waals surface area contributed by atoms with Crippen molar-refractivity contribution >= 4 is 17.4 Å². The molecule has 2 heterocycles. The fraction of sp³-hybridized carbons (Fsp3) is 0.688. The molecule has 2 rings (SSSR count). The van der Waals surface area contributed by atoms with Crippen LogP contribution < -0.4 is 0 Å². The van der Waals surface area contributed by atoms with Crippen LogP contribution in [0.2, 0.25) is 0 Å². The van der Waals surface area contributed by atoms with E-state index in [0.717, 1.165) is 31.8 Å². The molecule has 0 atom stereocenters. The van der Waals surface area contributed by atoms with E-state index >= 15 is 0 Å². The number of aryl methyl sites for hydroxylation is 1. The van der Waals surface area contributed by atoms with Gasteiger partial charge in [-0.1, -0.05) is 6.07 Å². The molecule has 1 fully saturated rings. The minimum Gasteiger partial charge on any atom is -0.444 e. The summed E-state index contributed by atoms with van der Waals surface area (Å²) in [6, 6.07) is 4.33. The van der Waals surface area contributed by atoms with E-state index in [2.05, 4.69) is 17.5 Å². The summed E-state index contributed by atoms with van der Waals surface area (Å²) in [5.74, 6) is 0.746. The molecule has 112 valence electrons. The first-order valence-corrected chi connectivity index (χ1v) is 8.32. The van der Waals surface area contributed by atoms with Gasteiger partial charge >= 0.3 is 6.09 Å². The fourth-order valence-electron chi connectivity index (χ4n) is 2.53. The van der Waals surface area contributed by atoms with Gasteiger partial charge in [-0.3, -0.25) is 0 Å². The molecule has 1 amide bonds. The Balaban J connectivity index is 1.71. The molecule has 1 aliphatic heterocycles. The van der Waals surface area contributed by atoms with Crippen LogP contribution in [0, 0.1) is 5.92 Å². The van der Waals surface area contributed by atoms with Crippen LogP contribution >= 0.6 is 11.3 Å². The van der Waals surface area contributed by atoms with Crippen LogP contribution in [0.25, 0.3) is 0 Å². The second-order valence-electron chi connectivity index (χ2n) is 6.53. The van der Waals surface area contributed by atoms with Gasteiger partial charge in [-0.25, -0.2) is 4.79 Å². The lowest BCUT2D eigenvalue weighted by molar-refractivity contribution is 0.0181. The molecule has 0 radical (unpaired) electrons. The van der Waals surface area contributed by atoms with Gasteiger partial charge in [-0.15, -0.1) is 11.3 Å². The molecule has 0 aromatic carbocycles. The number of likely N-dealkylation sites (tertiary alicyclic amines) is 1. The number of rotatable bonds is 3. The first kappa shape index (κ1) is 15.4. The maximum absolute atomic E-state index is 12.0. The van der Waals surface area contributed by atoms with Gasteiger partial charge in [-0.05, 0) is 63.8 Å². The summed E-state index contributed by atoms with van der Waals surface area (Å²) in [6.07, 6.45) is 4.46. The maximum atomic E-state index is 12.0. The molecular weight excluding hydrogens is 270 g/mol. The number of amides is 1. The molecule has 0 aliphatic carbocycles. The highest BCUT2D eigenvalue weighted by molar-refractivity contribution is 7.09. The maximum Gasteiger partial charge on any atom is 0.410 e. The van der Waals surface area contributed by atoms with E-state index in [4.69, 9.17) is 4.74 Å². The van der Waals surface area contributed by atoms with Crippen LogP contribution in [-0.2, 0) is 11.2 Å². The Labute approximate surface area is 125 Å². The second kappa shape index (κ2) is 6.61. The second-order valence-corrected chi connectivity index (χ2v) is 7.56. The minimum absolute atomic E-state index is 0.158. The molecule has 0 saturated carbocycles. The van der Waals surface area contributed by atoms with Crippen LogP contribution in [0.4, 0.5) is 4.79 Å². The Bertz CT molecular complexity index is 414. The number of hydrogen-bond acceptors (Lipinski definition) is 3. The number of carbonyl (C=O) groups is 1. The third kappa shape index (κ3) is 4.82. The number of hydrogen-bond donors (Lipinski definition) is 0. The zero-order chi connectivity index (χ0) is 14.6. The number of ether oxygens (including phenoxy) is 1. The van der Waals surface area contributed by atoms with Crippen molar-refractivity contribution in [2.75, 3.05) is 13.1 Å². The summed E-state index contributed by atoms with van der Waals surface area (Å²) in [5, 5.41) is 2.14. The number of carbonyl (C=O) groups excluding carboxylic acids is 1. The number of piperidine rings is 1. The van der Waals surface area contributed by atoms with Crippen molar-refractivity contribution in [1.29, 1.82) is 0 Å². The van der Waals surface area contributed by atoms with Crippen molar-refractivity contribution in [2.24, 2.45) is 5.92 Å². The van der Waals surface area contributed by atoms with Crippen LogP contribution in [-0.4, -0.2) is 29.7 Å². The summed E-state index contributed by atoms with van der Waals surface area (Å²) in [6.45, 7) is 7.42. The predicted octanol–water partition coefficient (Wildman–Crippen LogP) is 4.33. The van der Waals surface area contributed by atoms with Gasteiger partial charge in [0.1, 0.15) is 5.60 Å². The zero-order valence-electron chi connectivity index (χ0n) is 12.7. The Morgan fingerprint density at radius 1 is 1.40 bits per heavy atom. The first-order chi connectivity index (χ1) is 9.44. The quantitative estimate of drug-likeness (QED) is 0.830. The topological polar surface area (TPSA) is 29.5 Å². The van der Waals surface area contributed by atoms with Gasteiger partial charge in [-0.2, -0.15) is 0 Å². The highest BCUT2D eigenvalue weighted by atomic mass is 32.1. The van der Waals surface area contributed by atoms with E-state index in [1.54, 1.807) is 0 Å². The van der Waals surface area contributed by atoms with E-state index in [1.165, 1.54) is 17.7 Å². The van der Waals surface area contributed by atoms with Crippen molar-refractivity contribution in [3.05, 3.63) is 22.4 Å². The summed E-state index contributed by atoms with van der Waals surface area (Å²) in [5.41, 5.74) is -0.396. The number of thiophene rings is 1. The van der Waals surface area contributed by atoms with Crippen LogP contribution in [0.3, 0.4) is 0 Å². The van der Waals surface area contributed by atoms with Crippen molar-refractivity contribution in [3.8, 4) is 0 Å². The van der Waals surface area contributed by atoms with E-state index in [1.807, 2.05) is 37.0 Å². The van der Waals surface area contributed by atoms with E-state index in [9.17, 15) is 4.79 Å². The monoisotopic (exact) mass is 295 g/mol.